The molecule has 0 aliphatic carbocycles. The molecule has 23 heavy (non-hydrogen) atoms. The van der Waals surface area contributed by atoms with Gasteiger partial charge in [0.25, 0.3) is 5.91 Å². The number of nitrogens with one attached hydrogen (secondary N) is 1. The minimum atomic E-state index is -0.893. The Morgan fingerprint density at radius 1 is 1.17 bits per heavy atom. The maximum absolute atomic E-state index is 12.2. The fraction of sp³-hybridized carbons (Fsp3) is 0.188. The molecule has 0 aliphatic heterocycles. The monoisotopic (exact) mass is 373 g/mol. The summed E-state index contributed by atoms with van der Waals surface area (Å²) >= 11 is 17.6. The van der Waals surface area contributed by atoms with Crippen LogP contribution in [0.5, 0.6) is 5.75 Å². The summed E-state index contributed by atoms with van der Waals surface area (Å²) in [6, 6.07) is 8.51. The Labute approximate surface area is 148 Å². The van der Waals surface area contributed by atoms with Gasteiger partial charge in [-0.15, -0.1) is 0 Å². The lowest BCUT2D eigenvalue weighted by Crippen LogP contribution is -2.28. The smallest absolute Gasteiger partial charge is 0.256 e. The lowest BCUT2D eigenvalue weighted by Gasteiger charge is -2.14. The fourth-order valence-corrected chi connectivity index (χ4v) is 2.67. The van der Waals surface area contributed by atoms with Crippen molar-refractivity contribution < 1.29 is 15.0 Å². The van der Waals surface area contributed by atoms with E-state index in [0.717, 1.165) is 5.56 Å². The highest BCUT2D eigenvalue weighted by molar-refractivity contribution is 6.45. The molecule has 0 aliphatic rings. The van der Waals surface area contributed by atoms with Gasteiger partial charge in [-0.2, -0.15) is 0 Å². The molecule has 4 nitrogen and oxygen atoms in total. The Morgan fingerprint density at radius 2 is 1.78 bits per heavy atom. The van der Waals surface area contributed by atoms with Gasteiger partial charge in [0.1, 0.15) is 11.3 Å². The van der Waals surface area contributed by atoms with Gasteiger partial charge in [-0.25, -0.2) is 0 Å². The van der Waals surface area contributed by atoms with Gasteiger partial charge in [0.05, 0.1) is 21.2 Å². The molecule has 0 heterocycles. The van der Waals surface area contributed by atoms with E-state index in [1.54, 1.807) is 12.1 Å². The summed E-state index contributed by atoms with van der Waals surface area (Å²) in [4.78, 5) is 12.2. The second-order valence-corrected chi connectivity index (χ2v) is 6.21. The van der Waals surface area contributed by atoms with Crippen molar-refractivity contribution in [1.29, 1.82) is 0 Å². The first-order chi connectivity index (χ1) is 10.8. The number of phenols is 1. The van der Waals surface area contributed by atoms with Crippen LogP contribution in [-0.2, 0) is 0 Å². The first-order valence-electron chi connectivity index (χ1n) is 6.70. The Kier molecular flexibility index (Phi) is 5.76. The van der Waals surface area contributed by atoms with Gasteiger partial charge in [-0.1, -0.05) is 64.6 Å². The van der Waals surface area contributed by atoms with Crippen LogP contribution in [0.1, 0.15) is 27.6 Å². The minimum Gasteiger partial charge on any atom is -0.505 e. The highest BCUT2D eigenvalue weighted by Gasteiger charge is 2.21. The minimum absolute atomic E-state index is 0.0538. The van der Waals surface area contributed by atoms with Gasteiger partial charge in [-0.05, 0) is 18.6 Å². The van der Waals surface area contributed by atoms with Crippen LogP contribution in [0, 0.1) is 6.92 Å². The van der Waals surface area contributed by atoms with Crippen molar-refractivity contribution in [1.82, 2.24) is 5.32 Å². The number of aliphatic hydroxyl groups is 1. The number of halogens is 3. The van der Waals surface area contributed by atoms with Gasteiger partial charge in [0.2, 0.25) is 0 Å². The zero-order valence-corrected chi connectivity index (χ0v) is 14.4. The molecule has 1 unspecified atom stereocenters. The normalized spacial score (nSPS) is 12.0. The Hall–Kier alpha value is -1.46. The third kappa shape index (κ3) is 4.09. The molecule has 0 fully saturated rings. The summed E-state index contributed by atoms with van der Waals surface area (Å²) in [7, 11) is 0. The third-order valence-electron chi connectivity index (χ3n) is 3.29. The standard InChI is InChI=1S/C16H14Cl3NO3/c1-8-2-4-9(5-3-8)12(21)7-20-16(23)13-14(19)10(17)6-11(18)15(13)22/h2-6,12,21-22H,7H2,1H3,(H,20,23). The lowest BCUT2D eigenvalue weighted by atomic mass is 10.1. The van der Waals surface area contributed by atoms with Crippen molar-refractivity contribution in [2.24, 2.45) is 0 Å². The van der Waals surface area contributed by atoms with Crippen molar-refractivity contribution in [3.63, 3.8) is 0 Å². The topological polar surface area (TPSA) is 69.6 Å². The van der Waals surface area contributed by atoms with Crippen LogP contribution >= 0.6 is 34.8 Å². The number of aromatic hydroxyl groups is 1. The number of hydrogen-bond acceptors (Lipinski definition) is 3. The molecule has 122 valence electrons. The summed E-state index contributed by atoms with van der Waals surface area (Å²) in [5.74, 6) is -1.13. The molecule has 0 bridgehead atoms. The first-order valence-corrected chi connectivity index (χ1v) is 7.84. The van der Waals surface area contributed by atoms with Crippen molar-refractivity contribution in [2.75, 3.05) is 6.54 Å². The van der Waals surface area contributed by atoms with Gasteiger partial charge >= 0.3 is 0 Å². The zero-order chi connectivity index (χ0) is 17.1. The molecule has 0 radical (unpaired) electrons. The average Bonchev–Trinajstić information content (AvgIpc) is 2.51. The molecule has 2 rings (SSSR count). The van der Waals surface area contributed by atoms with Crippen LogP contribution in [0.15, 0.2) is 30.3 Å². The predicted molar refractivity (Wildman–Crippen MR) is 91.6 cm³/mol. The molecule has 2 aromatic carbocycles. The number of rotatable bonds is 4. The van der Waals surface area contributed by atoms with Crippen LogP contribution in [0.2, 0.25) is 15.1 Å². The largest absolute Gasteiger partial charge is 0.505 e. The van der Waals surface area contributed by atoms with E-state index in [0.29, 0.717) is 5.56 Å². The molecule has 1 atom stereocenters. The second kappa shape index (κ2) is 7.41. The Balaban J connectivity index is 2.13. The lowest BCUT2D eigenvalue weighted by molar-refractivity contribution is 0.0914. The van der Waals surface area contributed by atoms with Crippen LogP contribution in [0.25, 0.3) is 0 Å². The van der Waals surface area contributed by atoms with E-state index >= 15 is 0 Å². The number of hydrogen-bond donors (Lipinski definition) is 3. The Morgan fingerprint density at radius 3 is 2.39 bits per heavy atom. The number of carbonyl (C=O) groups excluding carboxylic acids is 1. The molecular formula is C16H14Cl3NO3. The number of aryl methyl sites for hydroxylation is 1. The van der Waals surface area contributed by atoms with E-state index in [1.807, 2.05) is 19.1 Å². The van der Waals surface area contributed by atoms with Crippen LogP contribution in [0.3, 0.4) is 0 Å². The molecule has 7 heteroatoms. The first kappa shape index (κ1) is 17.9. The van der Waals surface area contributed by atoms with Crippen molar-refractivity contribution in [3.05, 3.63) is 62.1 Å². The van der Waals surface area contributed by atoms with Gasteiger partial charge in [0, 0.05) is 6.54 Å². The molecule has 0 spiro atoms. The third-order valence-corrected chi connectivity index (χ3v) is 4.37. The van der Waals surface area contributed by atoms with E-state index in [9.17, 15) is 15.0 Å². The molecule has 1 amide bonds. The van der Waals surface area contributed by atoms with E-state index in [-0.39, 0.29) is 27.2 Å². The number of benzene rings is 2. The maximum Gasteiger partial charge on any atom is 0.256 e. The van der Waals surface area contributed by atoms with Gasteiger partial charge in [-0.3, -0.25) is 4.79 Å². The predicted octanol–water partition coefficient (Wildman–Crippen LogP) is 4.12. The number of carbonyl (C=O) groups is 1. The second-order valence-electron chi connectivity index (χ2n) is 5.01. The molecule has 0 saturated heterocycles. The van der Waals surface area contributed by atoms with Crippen molar-refractivity contribution >= 4 is 40.7 Å². The summed E-state index contributed by atoms with van der Waals surface area (Å²) in [6.45, 7) is 1.88. The molecule has 0 aromatic heterocycles. The Bertz CT molecular complexity index is 706. The molecule has 0 saturated carbocycles. The fourth-order valence-electron chi connectivity index (χ4n) is 1.98. The van der Waals surface area contributed by atoms with E-state index in [2.05, 4.69) is 5.32 Å². The summed E-state index contributed by atoms with van der Waals surface area (Å²) in [5.41, 5.74) is 1.51. The van der Waals surface area contributed by atoms with E-state index in [1.165, 1.54) is 6.07 Å². The molecule has 3 N–H and O–H groups in total. The van der Waals surface area contributed by atoms with Crippen LogP contribution < -0.4 is 5.32 Å². The summed E-state index contributed by atoms with van der Waals surface area (Å²) < 4.78 is 0. The number of aliphatic hydroxyl groups excluding tert-OH is 1. The maximum atomic E-state index is 12.2. The van der Waals surface area contributed by atoms with Gasteiger partial charge in [0.15, 0.2) is 0 Å². The van der Waals surface area contributed by atoms with Gasteiger partial charge < -0.3 is 15.5 Å². The summed E-state index contributed by atoms with van der Waals surface area (Å²) in [5, 5.41) is 22.4. The highest BCUT2D eigenvalue weighted by atomic mass is 35.5. The SMILES string of the molecule is Cc1ccc(C(O)CNC(=O)c2c(O)c(Cl)cc(Cl)c2Cl)cc1. The van der Waals surface area contributed by atoms with Crippen LogP contribution in [0.4, 0.5) is 0 Å². The van der Waals surface area contributed by atoms with E-state index in [4.69, 9.17) is 34.8 Å². The quantitative estimate of drug-likeness (QED) is 0.705. The summed E-state index contributed by atoms with van der Waals surface area (Å²) in [6.07, 6.45) is -0.893. The number of phenolic OH excluding ortho intramolecular Hbond substituents is 1. The molecule has 2 aromatic rings. The van der Waals surface area contributed by atoms with Crippen molar-refractivity contribution in [2.45, 2.75) is 13.0 Å². The average molecular weight is 375 g/mol. The molecular weight excluding hydrogens is 361 g/mol. The van der Waals surface area contributed by atoms with Crippen LogP contribution in [-0.4, -0.2) is 22.7 Å². The van der Waals surface area contributed by atoms with Crippen molar-refractivity contribution in [3.8, 4) is 5.75 Å². The highest BCUT2D eigenvalue weighted by Crippen LogP contribution is 2.38. The van der Waals surface area contributed by atoms with E-state index < -0.39 is 17.8 Å². The number of amides is 1. The zero-order valence-electron chi connectivity index (χ0n) is 12.1.